The molecule has 1 unspecified atom stereocenters. The largest absolute Gasteiger partial charge is 0.368 e. The fraction of sp³-hybridized carbons (Fsp3) is 0.727. The Labute approximate surface area is 100 Å². The van der Waals surface area contributed by atoms with Crippen LogP contribution >= 0.6 is 11.3 Å². The first kappa shape index (κ1) is 12.0. The van der Waals surface area contributed by atoms with Crippen molar-refractivity contribution in [1.82, 2.24) is 9.88 Å². The number of morpholine rings is 1. The van der Waals surface area contributed by atoms with Gasteiger partial charge in [0.05, 0.1) is 12.3 Å². The Balaban J connectivity index is 2.10. The zero-order chi connectivity index (χ0) is 11.5. The second-order valence-electron chi connectivity index (χ2n) is 4.22. The minimum atomic E-state index is 0.147. The fourth-order valence-corrected chi connectivity index (χ4v) is 3.00. The van der Waals surface area contributed by atoms with E-state index in [0.717, 1.165) is 36.8 Å². The Kier molecular flexibility index (Phi) is 3.91. The van der Waals surface area contributed by atoms with E-state index in [2.05, 4.69) is 23.9 Å². The van der Waals surface area contributed by atoms with E-state index in [4.69, 9.17) is 10.5 Å². The highest BCUT2D eigenvalue weighted by Crippen LogP contribution is 2.28. The first-order valence-electron chi connectivity index (χ1n) is 5.67. The number of likely N-dealkylation sites (N-methyl/N-ethyl adjacent to an activating group) is 1. The second-order valence-corrected chi connectivity index (χ2v) is 5.34. The molecule has 0 spiro atoms. The van der Waals surface area contributed by atoms with E-state index in [-0.39, 0.29) is 6.10 Å². The summed E-state index contributed by atoms with van der Waals surface area (Å²) < 4.78 is 5.76. The lowest BCUT2D eigenvalue weighted by atomic mass is 10.3. The van der Waals surface area contributed by atoms with E-state index in [9.17, 15) is 0 Å². The zero-order valence-electron chi connectivity index (χ0n) is 9.90. The van der Waals surface area contributed by atoms with Gasteiger partial charge in [-0.05, 0) is 26.9 Å². The van der Waals surface area contributed by atoms with E-state index >= 15 is 0 Å². The topological polar surface area (TPSA) is 51.4 Å². The molecule has 0 bridgehead atoms. The molecule has 1 aromatic heterocycles. The lowest BCUT2D eigenvalue weighted by molar-refractivity contribution is -0.0210. The summed E-state index contributed by atoms with van der Waals surface area (Å²) in [4.78, 5) is 8.18. The minimum Gasteiger partial charge on any atom is -0.368 e. The Morgan fingerprint density at radius 2 is 2.44 bits per heavy atom. The Bertz CT molecular complexity index is 353. The molecule has 90 valence electrons. The summed E-state index contributed by atoms with van der Waals surface area (Å²) in [7, 11) is 2.12. The van der Waals surface area contributed by atoms with E-state index in [0.29, 0.717) is 6.54 Å². The van der Waals surface area contributed by atoms with Gasteiger partial charge >= 0.3 is 0 Å². The number of ether oxygens (including phenoxy) is 1. The van der Waals surface area contributed by atoms with Crippen molar-refractivity contribution in [3.8, 4) is 0 Å². The van der Waals surface area contributed by atoms with E-state index in [1.54, 1.807) is 11.3 Å². The van der Waals surface area contributed by atoms with Crippen molar-refractivity contribution in [1.29, 1.82) is 0 Å². The summed E-state index contributed by atoms with van der Waals surface area (Å²) in [6.07, 6.45) is 1.07. The van der Waals surface area contributed by atoms with Gasteiger partial charge in [-0.3, -0.25) is 0 Å². The van der Waals surface area contributed by atoms with Crippen molar-refractivity contribution >= 4 is 11.3 Å². The summed E-state index contributed by atoms with van der Waals surface area (Å²) in [6, 6.07) is 0. The van der Waals surface area contributed by atoms with Crippen molar-refractivity contribution in [2.75, 3.05) is 33.3 Å². The van der Waals surface area contributed by atoms with Gasteiger partial charge in [0.25, 0.3) is 0 Å². The smallest absolute Gasteiger partial charge is 0.123 e. The van der Waals surface area contributed by atoms with Gasteiger partial charge in [0.1, 0.15) is 11.1 Å². The van der Waals surface area contributed by atoms with Crippen molar-refractivity contribution in [2.24, 2.45) is 5.73 Å². The third kappa shape index (κ3) is 2.60. The Morgan fingerprint density at radius 3 is 3.12 bits per heavy atom. The summed E-state index contributed by atoms with van der Waals surface area (Å²) in [5.74, 6) is 0. The van der Waals surface area contributed by atoms with Crippen LogP contribution in [0.3, 0.4) is 0 Å². The maximum absolute atomic E-state index is 5.76. The van der Waals surface area contributed by atoms with E-state index in [1.165, 1.54) is 4.88 Å². The number of hydrogen-bond acceptors (Lipinski definition) is 5. The molecule has 1 aliphatic rings. The first-order chi connectivity index (χ1) is 7.70. The number of thiazole rings is 1. The number of aromatic nitrogens is 1. The molecule has 5 heteroatoms. The molecule has 2 N–H and O–H groups in total. The van der Waals surface area contributed by atoms with Gasteiger partial charge in [0.15, 0.2) is 0 Å². The van der Waals surface area contributed by atoms with Gasteiger partial charge in [-0.2, -0.15) is 0 Å². The maximum atomic E-state index is 5.76. The number of nitrogens with two attached hydrogens (primary N) is 1. The molecule has 0 saturated carbocycles. The Morgan fingerprint density at radius 1 is 1.62 bits per heavy atom. The van der Waals surface area contributed by atoms with Gasteiger partial charge in [0, 0.05) is 18.0 Å². The molecular formula is C11H19N3OS. The van der Waals surface area contributed by atoms with Crippen LogP contribution < -0.4 is 5.73 Å². The minimum absolute atomic E-state index is 0.147. The van der Waals surface area contributed by atoms with Crippen LogP contribution in [0.5, 0.6) is 0 Å². The molecule has 0 aliphatic carbocycles. The number of aryl methyl sites for hydroxylation is 1. The lowest BCUT2D eigenvalue weighted by Gasteiger charge is -2.28. The predicted octanol–water partition coefficient (Wildman–Crippen LogP) is 0.956. The van der Waals surface area contributed by atoms with E-state index < -0.39 is 0 Å². The molecule has 4 nitrogen and oxygen atoms in total. The highest BCUT2D eigenvalue weighted by molar-refractivity contribution is 7.11. The van der Waals surface area contributed by atoms with Crippen LogP contribution in [0.4, 0.5) is 0 Å². The van der Waals surface area contributed by atoms with Crippen LogP contribution in [-0.2, 0) is 11.2 Å². The molecule has 16 heavy (non-hydrogen) atoms. The van der Waals surface area contributed by atoms with Crippen molar-refractivity contribution in [3.63, 3.8) is 0 Å². The van der Waals surface area contributed by atoms with Crippen molar-refractivity contribution in [2.45, 2.75) is 19.4 Å². The number of hydrogen-bond donors (Lipinski definition) is 1. The van der Waals surface area contributed by atoms with Gasteiger partial charge in [-0.1, -0.05) is 0 Å². The molecular weight excluding hydrogens is 222 g/mol. The zero-order valence-corrected chi connectivity index (χ0v) is 10.7. The third-order valence-corrected chi connectivity index (χ3v) is 4.13. The lowest BCUT2D eigenvalue weighted by Crippen LogP contribution is -2.35. The first-order valence-corrected chi connectivity index (χ1v) is 6.48. The van der Waals surface area contributed by atoms with Crippen LogP contribution in [0, 0.1) is 6.92 Å². The SMILES string of the molecule is Cc1nc(C2CN(C)CCO2)sc1CCN. The van der Waals surface area contributed by atoms with Crippen LogP contribution in [0.2, 0.25) is 0 Å². The predicted molar refractivity (Wildman–Crippen MR) is 65.8 cm³/mol. The molecule has 0 aromatic carbocycles. The van der Waals surface area contributed by atoms with Gasteiger partial charge in [-0.15, -0.1) is 11.3 Å². The second kappa shape index (κ2) is 5.23. The van der Waals surface area contributed by atoms with Crippen LogP contribution in [0.15, 0.2) is 0 Å². The summed E-state index contributed by atoms with van der Waals surface area (Å²) in [5.41, 5.74) is 6.69. The summed E-state index contributed by atoms with van der Waals surface area (Å²) in [5, 5.41) is 1.10. The highest BCUT2D eigenvalue weighted by Gasteiger charge is 2.23. The van der Waals surface area contributed by atoms with Gasteiger partial charge < -0.3 is 15.4 Å². The van der Waals surface area contributed by atoms with Gasteiger partial charge in [0.2, 0.25) is 0 Å². The molecule has 2 heterocycles. The Hall–Kier alpha value is -0.490. The standard InChI is InChI=1S/C11H19N3OS/c1-8-10(3-4-12)16-11(13-8)9-7-14(2)5-6-15-9/h9H,3-7,12H2,1-2H3. The molecule has 1 fully saturated rings. The maximum Gasteiger partial charge on any atom is 0.123 e. The molecule has 0 amide bonds. The highest BCUT2D eigenvalue weighted by atomic mass is 32.1. The number of nitrogens with zero attached hydrogens (tertiary/aromatic N) is 2. The number of rotatable bonds is 3. The molecule has 2 rings (SSSR count). The van der Waals surface area contributed by atoms with E-state index in [1.807, 2.05) is 0 Å². The van der Waals surface area contributed by atoms with Gasteiger partial charge in [-0.25, -0.2) is 4.98 Å². The summed E-state index contributed by atoms with van der Waals surface area (Å²) in [6.45, 7) is 5.49. The monoisotopic (exact) mass is 241 g/mol. The normalized spacial score (nSPS) is 22.6. The average Bonchev–Trinajstić information content (AvgIpc) is 2.61. The van der Waals surface area contributed by atoms with Crippen LogP contribution in [0.1, 0.15) is 21.7 Å². The molecule has 1 atom stereocenters. The fourth-order valence-electron chi connectivity index (χ4n) is 1.88. The quantitative estimate of drug-likeness (QED) is 0.856. The van der Waals surface area contributed by atoms with Crippen LogP contribution in [-0.4, -0.2) is 43.2 Å². The van der Waals surface area contributed by atoms with Crippen molar-refractivity contribution in [3.05, 3.63) is 15.6 Å². The molecule has 1 saturated heterocycles. The average molecular weight is 241 g/mol. The molecule has 0 radical (unpaired) electrons. The van der Waals surface area contributed by atoms with Crippen LogP contribution in [0.25, 0.3) is 0 Å². The molecule has 1 aromatic rings. The summed E-state index contributed by atoms with van der Waals surface area (Å²) >= 11 is 1.75. The van der Waals surface area contributed by atoms with Crippen molar-refractivity contribution < 1.29 is 4.74 Å². The third-order valence-electron chi connectivity index (χ3n) is 2.83. The molecule has 1 aliphatic heterocycles.